The molecule has 1 aliphatic rings. The molecule has 0 spiro atoms. The molecule has 0 atom stereocenters. The Hall–Kier alpha value is -2.73. The maximum atomic E-state index is 12.0. The Bertz CT molecular complexity index is 900. The van der Waals surface area contributed by atoms with Crippen molar-refractivity contribution in [2.75, 3.05) is 13.1 Å². The predicted octanol–water partition coefficient (Wildman–Crippen LogP) is 4.70. The molecule has 0 unspecified atom stereocenters. The van der Waals surface area contributed by atoms with Crippen LogP contribution in [0.15, 0.2) is 42.5 Å². The van der Waals surface area contributed by atoms with Crippen LogP contribution in [0.4, 0.5) is 4.79 Å². The summed E-state index contributed by atoms with van der Waals surface area (Å²) >= 11 is 6.05. The molecule has 148 valence electrons. The molecule has 2 aromatic rings. The number of amides is 1. The van der Waals surface area contributed by atoms with Crippen LogP contribution in [0, 0.1) is 0 Å². The monoisotopic (exact) mass is 403 g/mol. The lowest BCUT2D eigenvalue weighted by atomic mass is 10.0. The molecule has 7 heteroatoms. The van der Waals surface area contributed by atoms with E-state index in [1.54, 1.807) is 35.2 Å². The van der Waals surface area contributed by atoms with Crippen molar-refractivity contribution in [1.82, 2.24) is 4.90 Å². The van der Waals surface area contributed by atoms with Gasteiger partial charge in [0.2, 0.25) is 0 Å². The summed E-state index contributed by atoms with van der Waals surface area (Å²) in [5, 5.41) is 9.98. The molecule has 1 amide bonds. The quantitative estimate of drug-likeness (QED) is 0.800. The van der Waals surface area contributed by atoms with Crippen LogP contribution in [0.5, 0.6) is 5.75 Å². The number of carbonyl (C=O) groups is 2. The van der Waals surface area contributed by atoms with E-state index in [0.29, 0.717) is 29.4 Å². The molecule has 1 aliphatic heterocycles. The Balaban J connectivity index is 1.73. The van der Waals surface area contributed by atoms with Crippen molar-refractivity contribution in [2.45, 2.75) is 32.5 Å². The summed E-state index contributed by atoms with van der Waals surface area (Å²) in [4.78, 5) is 25.1. The fourth-order valence-corrected chi connectivity index (χ4v) is 3.00. The summed E-state index contributed by atoms with van der Waals surface area (Å²) in [6.45, 7) is 6.21. The number of nitrogens with zero attached hydrogens (tertiary/aromatic N) is 1. The Kier molecular flexibility index (Phi) is 5.52. The average molecular weight is 404 g/mol. The molecule has 1 fully saturated rings. The molecular weight excluding hydrogens is 382 g/mol. The van der Waals surface area contributed by atoms with Gasteiger partial charge >= 0.3 is 12.1 Å². The largest absolute Gasteiger partial charge is 0.487 e. The number of rotatable bonds is 4. The van der Waals surface area contributed by atoms with Crippen molar-refractivity contribution in [3.8, 4) is 16.9 Å². The van der Waals surface area contributed by atoms with Crippen LogP contribution < -0.4 is 4.74 Å². The second-order valence-electron chi connectivity index (χ2n) is 7.69. The highest BCUT2D eigenvalue weighted by Gasteiger charge is 2.35. The van der Waals surface area contributed by atoms with Crippen LogP contribution in [-0.2, 0) is 4.74 Å². The van der Waals surface area contributed by atoms with Crippen LogP contribution in [0.2, 0.25) is 5.02 Å². The lowest BCUT2D eigenvalue weighted by Gasteiger charge is -2.39. The van der Waals surface area contributed by atoms with E-state index in [1.807, 2.05) is 26.8 Å². The van der Waals surface area contributed by atoms with Crippen LogP contribution in [-0.4, -0.2) is 46.9 Å². The Morgan fingerprint density at radius 3 is 2.43 bits per heavy atom. The Labute approximate surface area is 168 Å². The highest BCUT2D eigenvalue weighted by atomic mass is 35.5. The van der Waals surface area contributed by atoms with Gasteiger partial charge in [-0.25, -0.2) is 9.59 Å². The van der Waals surface area contributed by atoms with Gasteiger partial charge in [0.25, 0.3) is 0 Å². The number of aromatic carboxylic acids is 1. The van der Waals surface area contributed by atoms with Gasteiger partial charge in [-0.3, -0.25) is 0 Å². The van der Waals surface area contributed by atoms with Gasteiger partial charge in [0, 0.05) is 5.02 Å². The van der Waals surface area contributed by atoms with E-state index in [0.717, 1.165) is 5.56 Å². The smallest absolute Gasteiger partial charge is 0.410 e. The third-order valence-electron chi connectivity index (χ3n) is 4.11. The molecule has 2 aromatic carbocycles. The molecule has 0 radical (unpaired) electrons. The molecule has 1 N–H and O–H groups in total. The zero-order valence-corrected chi connectivity index (χ0v) is 16.7. The fourth-order valence-electron chi connectivity index (χ4n) is 2.81. The number of hydrogen-bond donors (Lipinski definition) is 1. The van der Waals surface area contributed by atoms with Crippen molar-refractivity contribution in [3.05, 3.63) is 53.1 Å². The molecule has 28 heavy (non-hydrogen) atoms. The number of hydrogen-bond acceptors (Lipinski definition) is 4. The van der Waals surface area contributed by atoms with Crippen LogP contribution >= 0.6 is 11.6 Å². The average Bonchev–Trinajstić information content (AvgIpc) is 2.55. The summed E-state index contributed by atoms with van der Waals surface area (Å²) in [5.74, 6) is -0.610. The molecule has 1 saturated heterocycles. The van der Waals surface area contributed by atoms with Crippen molar-refractivity contribution in [1.29, 1.82) is 0 Å². The second kappa shape index (κ2) is 7.72. The number of carboxylic acid groups (broad SMARTS) is 1. The number of carboxylic acids is 1. The molecule has 3 rings (SSSR count). The van der Waals surface area contributed by atoms with Crippen molar-refractivity contribution in [3.63, 3.8) is 0 Å². The first-order valence-electron chi connectivity index (χ1n) is 8.89. The Morgan fingerprint density at radius 2 is 1.82 bits per heavy atom. The minimum atomic E-state index is -1.04. The van der Waals surface area contributed by atoms with Gasteiger partial charge in [-0.15, -0.1) is 0 Å². The lowest BCUT2D eigenvalue weighted by Crippen LogP contribution is -2.57. The molecule has 0 aliphatic carbocycles. The molecule has 0 saturated carbocycles. The third kappa shape index (κ3) is 4.95. The van der Waals surface area contributed by atoms with E-state index in [2.05, 4.69) is 0 Å². The lowest BCUT2D eigenvalue weighted by molar-refractivity contribution is -0.0221. The minimum Gasteiger partial charge on any atom is -0.487 e. The predicted molar refractivity (Wildman–Crippen MR) is 106 cm³/mol. The highest BCUT2D eigenvalue weighted by molar-refractivity contribution is 6.30. The summed E-state index contributed by atoms with van der Waals surface area (Å²) in [7, 11) is 0. The van der Waals surface area contributed by atoms with Crippen molar-refractivity contribution >= 4 is 23.7 Å². The van der Waals surface area contributed by atoms with Crippen LogP contribution in [0.3, 0.4) is 0 Å². The summed E-state index contributed by atoms with van der Waals surface area (Å²) < 4.78 is 11.2. The number of benzene rings is 2. The van der Waals surface area contributed by atoms with E-state index in [-0.39, 0.29) is 17.8 Å². The van der Waals surface area contributed by atoms with Gasteiger partial charge in [-0.2, -0.15) is 0 Å². The first-order chi connectivity index (χ1) is 13.1. The first kappa shape index (κ1) is 20.0. The van der Waals surface area contributed by atoms with E-state index in [4.69, 9.17) is 21.1 Å². The summed E-state index contributed by atoms with van der Waals surface area (Å²) in [5.41, 5.74) is 1.06. The SMILES string of the molecule is CC(C)(C)OC(=O)N1CC(Oc2cc(C(=O)O)cc(-c3cccc(Cl)c3)c2)C1. The topological polar surface area (TPSA) is 76.1 Å². The van der Waals surface area contributed by atoms with Gasteiger partial charge in [-0.05, 0) is 62.2 Å². The number of ether oxygens (including phenoxy) is 2. The van der Waals surface area contributed by atoms with Gasteiger partial charge < -0.3 is 19.5 Å². The van der Waals surface area contributed by atoms with E-state index < -0.39 is 11.6 Å². The van der Waals surface area contributed by atoms with Gasteiger partial charge in [-0.1, -0.05) is 23.7 Å². The van der Waals surface area contributed by atoms with Crippen molar-refractivity contribution < 1.29 is 24.2 Å². The standard InChI is InChI=1S/C21H22ClNO5/c1-21(2,3)28-20(26)23-11-18(12-23)27-17-9-14(7-15(10-17)19(24)25)13-5-4-6-16(22)8-13/h4-10,18H,11-12H2,1-3H3,(H,24,25). The number of likely N-dealkylation sites (tertiary alicyclic amines) is 1. The van der Waals surface area contributed by atoms with Crippen LogP contribution in [0.25, 0.3) is 11.1 Å². The maximum absolute atomic E-state index is 12.0. The Morgan fingerprint density at radius 1 is 1.11 bits per heavy atom. The van der Waals surface area contributed by atoms with Crippen molar-refractivity contribution in [2.24, 2.45) is 0 Å². The second-order valence-corrected chi connectivity index (χ2v) is 8.12. The van der Waals surface area contributed by atoms with E-state index in [9.17, 15) is 14.7 Å². The minimum absolute atomic E-state index is 0.121. The zero-order chi connectivity index (χ0) is 20.5. The van der Waals surface area contributed by atoms with Gasteiger partial charge in [0.05, 0.1) is 18.7 Å². The molecular formula is C21H22ClNO5. The fraction of sp³-hybridized carbons (Fsp3) is 0.333. The number of halogens is 1. The first-order valence-corrected chi connectivity index (χ1v) is 9.27. The van der Waals surface area contributed by atoms with Crippen LogP contribution in [0.1, 0.15) is 31.1 Å². The van der Waals surface area contributed by atoms with E-state index >= 15 is 0 Å². The maximum Gasteiger partial charge on any atom is 0.410 e. The molecule has 1 heterocycles. The highest BCUT2D eigenvalue weighted by Crippen LogP contribution is 2.30. The molecule has 0 aromatic heterocycles. The normalized spacial score (nSPS) is 14.4. The zero-order valence-electron chi connectivity index (χ0n) is 15.9. The number of carbonyl (C=O) groups excluding carboxylic acids is 1. The third-order valence-corrected chi connectivity index (χ3v) is 4.35. The molecule has 0 bridgehead atoms. The van der Waals surface area contributed by atoms with E-state index in [1.165, 1.54) is 6.07 Å². The van der Waals surface area contributed by atoms with Gasteiger partial charge in [0.1, 0.15) is 17.5 Å². The summed E-state index contributed by atoms with van der Waals surface area (Å²) in [6, 6.07) is 12.0. The summed E-state index contributed by atoms with van der Waals surface area (Å²) in [6.07, 6.45) is -0.602. The molecule has 6 nitrogen and oxygen atoms in total. The van der Waals surface area contributed by atoms with Gasteiger partial charge in [0.15, 0.2) is 0 Å².